The van der Waals surface area contributed by atoms with E-state index in [2.05, 4.69) is 38.1 Å². The molecule has 0 N–H and O–H groups in total. The van der Waals surface area contributed by atoms with Crippen molar-refractivity contribution in [1.82, 2.24) is 0 Å². The average Bonchev–Trinajstić information content (AvgIpc) is 2.64. The molecule has 0 fully saturated rings. The Morgan fingerprint density at radius 1 is 0.440 bits per heavy atom. The van der Waals surface area contributed by atoms with Gasteiger partial charge in [-0.05, 0) is 36.8 Å². The lowest BCUT2D eigenvalue weighted by atomic mass is 9.96. The van der Waals surface area contributed by atoms with Gasteiger partial charge in [-0.3, -0.25) is 0 Å². The van der Waals surface area contributed by atoms with E-state index in [1.54, 1.807) is 11.1 Å². The summed E-state index contributed by atoms with van der Waals surface area (Å²) in [5.74, 6) is 0. The minimum atomic E-state index is 1.29. The Kier molecular flexibility index (Phi) is 14.8. The van der Waals surface area contributed by atoms with Crippen LogP contribution in [-0.2, 0) is 12.8 Å². The summed E-state index contributed by atoms with van der Waals surface area (Å²) in [5.41, 5.74) is 3.25. The highest BCUT2D eigenvalue weighted by Gasteiger charge is 2.02. The lowest BCUT2D eigenvalue weighted by Gasteiger charge is -2.10. The second kappa shape index (κ2) is 16.7. The van der Waals surface area contributed by atoms with Crippen LogP contribution in [0, 0.1) is 0 Å². The highest BCUT2D eigenvalue weighted by atomic mass is 14.1. The van der Waals surface area contributed by atoms with Gasteiger partial charge >= 0.3 is 0 Å². The first-order chi connectivity index (χ1) is 12.4. The van der Waals surface area contributed by atoms with Gasteiger partial charge < -0.3 is 0 Å². The van der Waals surface area contributed by atoms with Crippen molar-refractivity contribution in [2.24, 2.45) is 0 Å². The number of rotatable bonds is 17. The molecule has 0 aliphatic carbocycles. The number of unbranched alkanes of at least 4 members (excludes halogenated alkanes) is 13. The highest BCUT2D eigenvalue weighted by Crippen LogP contribution is 2.17. The largest absolute Gasteiger partial charge is 0.0654 e. The van der Waals surface area contributed by atoms with Crippen LogP contribution in [-0.4, -0.2) is 0 Å². The van der Waals surface area contributed by atoms with Gasteiger partial charge in [-0.25, -0.2) is 0 Å². The Hall–Kier alpha value is -0.780. The van der Waals surface area contributed by atoms with E-state index in [9.17, 15) is 0 Å². The summed E-state index contributed by atoms with van der Waals surface area (Å²) in [6.07, 6.45) is 23.8. The molecule has 0 aromatic heterocycles. The SMILES string of the molecule is CCCCCCCCCCc1ccccc1CCCCCCCCC. The topological polar surface area (TPSA) is 0 Å². The fourth-order valence-corrected chi connectivity index (χ4v) is 3.77. The van der Waals surface area contributed by atoms with Crippen LogP contribution in [0.15, 0.2) is 24.3 Å². The molecule has 0 spiro atoms. The summed E-state index contributed by atoms with van der Waals surface area (Å²) in [4.78, 5) is 0. The fraction of sp³-hybridized carbons (Fsp3) is 0.760. The van der Waals surface area contributed by atoms with Gasteiger partial charge in [-0.1, -0.05) is 122 Å². The maximum atomic E-state index is 2.37. The summed E-state index contributed by atoms with van der Waals surface area (Å²) in [5, 5.41) is 0. The number of benzene rings is 1. The average molecular weight is 345 g/mol. The molecular weight excluding hydrogens is 300 g/mol. The number of hydrogen-bond acceptors (Lipinski definition) is 0. The maximum absolute atomic E-state index is 2.37. The molecule has 0 heterocycles. The molecule has 1 rings (SSSR count). The van der Waals surface area contributed by atoms with E-state index in [4.69, 9.17) is 0 Å². The van der Waals surface area contributed by atoms with Crippen molar-refractivity contribution in [3.05, 3.63) is 35.4 Å². The van der Waals surface area contributed by atoms with Crippen molar-refractivity contribution in [1.29, 1.82) is 0 Å². The molecule has 1 aromatic carbocycles. The fourth-order valence-electron chi connectivity index (χ4n) is 3.77. The molecule has 0 radical (unpaired) electrons. The zero-order valence-corrected chi connectivity index (χ0v) is 17.3. The van der Waals surface area contributed by atoms with Crippen LogP contribution >= 0.6 is 0 Å². The predicted molar refractivity (Wildman–Crippen MR) is 114 cm³/mol. The molecule has 0 atom stereocenters. The van der Waals surface area contributed by atoms with Gasteiger partial charge in [-0.2, -0.15) is 0 Å². The molecule has 144 valence electrons. The van der Waals surface area contributed by atoms with Gasteiger partial charge in [0.1, 0.15) is 0 Å². The van der Waals surface area contributed by atoms with E-state index < -0.39 is 0 Å². The van der Waals surface area contributed by atoms with E-state index in [1.165, 1.54) is 109 Å². The summed E-state index contributed by atoms with van der Waals surface area (Å²) >= 11 is 0. The van der Waals surface area contributed by atoms with Crippen LogP contribution in [0.4, 0.5) is 0 Å². The van der Waals surface area contributed by atoms with E-state index in [0.29, 0.717) is 0 Å². The molecule has 0 amide bonds. The third-order valence-corrected chi connectivity index (χ3v) is 5.47. The van der Waals surface area contributed by atoms with Crippen LogP contribution in [0.1, 0.15) is 121 Å². The first-order valence-electron chi connectivity index (χ1n) is 11.4. The summed E-state index contributed by atoms with van der Waals surface area (Å²) in [6, 6.07) is 9.21. The molecule has 0 nitrogen and oxygen atoms in total. The first kappa shape index (κ1) is 22.3. The Morgan fingerprint density at radius 3 is 1.12 bits per heavy atom. The summed E-state index contributed by atoms with van der Waals surface area (Å²) < 4.78 is 0. The van der Waals surface area contributed by atoms with Crippen LogP contribution in [0.2, 0.25) is 0 Å². The van der Waals surface area contributed by atoms with Crippen LogP contribution in [0.5, 0.6) is 0 Å². The van der Waals surface area contributed by atoms with Crippen molar-refractivity contribution in [2.75, 3.05) is 0 Å². The molecule has 25 heavy (non-hydrogen) atoms. The normalized spacial score (nSPS) is 11.1. The second-order valence-electron chi connectivity index (χ2n) is 7.86. The van der Waals surface area contributed by atoms with Gasteiger partial charge in [0.05, 0.1) is 0 Å². The summed E-state index contributed by atoms with van der Waals surface area (Å²) in [6.45, 7) is 4.59. The third-order valence-electron chi connectivity index (χ3n) is 5.47. The van der Waals surface area contributed by atoms with Gasteiger partial charge in [0.2, 0.25) is 0 Å². The van der Waals surface area contributed by atoms with E-state index in [0.717, 1.165) is 0 Å². The molecule has 0 bridgehead atoms. The zero-order chi connectivity index (χ0) is 18.0. The van der Waals surface area contributed by atoms with Crippen molar-refractivity contribution in [3.63, 3.8) is 0 Å². The van der Waals surface area contributed by atoms with Crippen molar-refractivity contribution >= 4 is 0 Å². The quantitative estimate of drug-likeness (QED) is 0.248. The molecular formula is C25H44. The summed E-state index contributed by atoms with van der Waals surface area (Å²) in [7, 11) is 0. The van der Waals surface area contributed by atoms with Gasteiger partial charge in [-0.15, -0.1) is 0 Å². The van der Waals surface area contributed by atoms with Crippen molar-refractivity contribution < 1.29 is 0 Å². The lowest BCUT2D eigenvalue weighted by Crippen LogP contribution is -1.95. The number of hydrogen-bond donors (Lipinski definition) is 0. The monoisotopic (exact) mass is 344 g/mol. The van der Waals surface area contributed by atoms with E-state index in [1.807, 2.05) is 0 Å². The number of aryl methyl sites for hydroxylation is 2. The molecule has 0 unspecified atom stereocenters. The molecule has 0 aliphatic rings. The molecule has 0 aliphatic heterocycles. The van der Waals surface area contributed by atoms with E-state index >= 15 is 0 Å². The van der Waals surface area contributed by atoms with Crippen molar-refractivity contribution in [3.8, 4) is 0 Å². The maximum Gasteiger partial charge on any atom is -0.0276 e. The third kappa shape index (κ3) is 12.2. The Bertz CT molecular complexity index is 393. The van der Waals surface area contributed by atoms with Crippen LogP contribution in [0.25, 0.3) is 0 Å². The Balaban J connectivity index is 2.12. The first-order valence-corrected chi connectivity index (χ1v) is 11.4. The van der Waals surface area contributed by atoms with E-state index in [-0.39, 0.29) is 0 Å². The highest BCUT2D eigenvalue weighted by molar-refractivity contribution is 5.27. The van der Waals surface area contributed by atoms with Gasteiger partial charge in [0.25, 0.3) is 0 Å². The lowest BCUT2D eigenvalue weighted by molar-refractivity contribution is 0.573. The predicted octanol–water partition coefficient (Wildman–Crippen LogP) is 8.66. The zero-order valence-electron chi connectivity index (χ0n) is 17.3. The molecule has 0 heteroatoms. The Labute approximate surface area is 158 Å². The van der Waals surface area contributed by atoms with Crippen molar-refractivity contribution in [2.45, 2.75) is 123 Å². The molecule has 0 saturated heterocycles. The van der Waals surface area contributed by atoms with Gasteiger partial charge in [0.15, 0.2) is 0 Å². The minimum absolute atomic E-state index is 1.29. The molecule has 1 aromatic rings. The molecule has 0 saturated carbocycles. The van der Waals surface area contributed by atoms with Crippen LogP contribution in [0.3, 0.4) is 0 Å². The van der Waals surface area contributed by atoms with Crippen LogP contribution < -0.4 is 0 Å². The standard InChI is InChI=1S/C25H44/c1-3-5-7-9-11-13-15-17-21-25-23-19-18-22-24(25)20-16-14-12-10-8-6-4-2/h18-19,22-23H,3-17,20-21H2,1-2H3. The minimum Gasteiger partial charge on any atom is -0.0654 e. The second-order valence-corrected chi connectivity index (χ2v) is 7.86. The Morgan fingerprint density at radius 2 is 0.760 bits per heavy atom. The van der Waals surface area contributed by atoms with Gasteiger partial charge in [0, 0.05) is 0 Å². The smallest absolute Gasteiger partial charge is 0.0276 e.